The normalized spacial score (nSPS) is 14.9. The molecule has 0 spiro atoms. The first kappa shape index (κ1) is 19.2. The van der Waals surface area contributed by atoms with E-state index in [1.165, 1.54) is 17.0 Å². The first-order valence-corrected chi connectivity index (χ1v) is 9.19. The molecule has 0 unspecified atom stereocenters. The molecule has 1 aliphatic rings. The third-order valence-corrected chi connectivity index (χ3v) is 5.32. The molecule has 2 aromatic carbocycles. The van der Waals surface area contributed by atoms with Crippen molar-refractivity contribution in [1.82, 2.24) is 14.8 Å². The summed E-state index contributed by atoms with van der Waals surface area (Å²) >= 11 is 0. The van der Waals surface area contributed by atoms with E-state index in [-0.39, 0.29) is 23.6 Å². The fourth-order valence-electron chi connectivity index (χ4n) is 3.69. The van der Waals surface area contributed by atoms with Crippen LogP contribution in [-0.2, 0) is 26.2 Å². The van der Waals surface area contributed by atoms with Crippen molar-refractivity contribution in [3.05, 3.63) is 76.9 Å². The Hall–Kier alpha value is -3.16. The van der Waals surface area contributed by atoms with Crippen molar-refractivity contribution in [2.45, 2.75) is 32.0 Å². The van der Waals surface area contributed by atoms with Gasteiger partial charge in [-0.05, 0) is 41.3 Å². The lowest BCUT2D eigenvalue weighted by Gasteiger charge is -2.19. The third kappa shape index (κ3) is 3.50. The highest BCUT2D eigenvalue weighted by atomic mass is 19.4. The molecule has 3 aromatic rings. The van der Waals surface area contributed by atoms with Crippen molar-refractivity contribution in [3.63, 3.8) is 0 Å². The number of hydrogen-bond donors (Lipinski definition) is 0. The Morgan fingerprint density at radius 3 is 2.62 bits per heavy atom. The van der Waals surface area contributed by atoms with Gasteiger partial charge in [0.2, 0.25) is 0 Å². The van der Waals surface area contributed by atoms with Gasteiger partial charge in [-0.25, -0.2) is 0 Å². The Morgan fingerprint density at radius 1 is 1.17 bits per heavy atom. The minimum atomic E-state index is -4.49. The number of aryl methyl sites for hydroxylation is 1. The number of anilines is 1. The number of rotatable bonds is 4. The molecule has 0 radical (unpaired) electrons. The van der Waals surface area contributed by atoms with E-state index < -0.39 is 17.6 Å². The molecule has 29 heavy (non-hydrogen) atoms. The molecule has 0 saturated heterocycles. The van der Waals surface area contributed by atoms with Crippen LogP contribution >= 0.6 is 0 Å². The summed E-state index contributed by atoms with van der Waals surface area (Å²) in [6.45, 7) is 1.95. The van der Waals surface area contributed by atoms with Gasteiger partial charge in [0.15, 0.2) is 0 Å². The molecule has 0 saturated carbocycles. The fourth-order valence-corrected chi connectivity index (χ4v) is 3.69. The number of nitrogens with zero attached hydrogens (tertiary/aromatic N) is 4. The molecular formula is C21H19F3N4O. The average Bonchev–Trinajstić information content (AvgIpc) is 3.24. The second-order valence-electron chi connectivity index (χ2n) is 7.28. The largest absolute Gasteiger partial charge is 0.416 e. The van der Waals surface area contributed by atoms with Crippen LogP contribution in [0, 0.1) is 0 Å². The molecular weight excluding hydrogens is 381 g/mol. The smallest absolute Gasteiger partial charge is 0.321 e. The van der Waals surface area contributed by atoms with E-state index >= 15 is 0 Å². The van der Waals surface area contributed by atoms with E-state index in [0.29, 0.717) is 12.1 Å². The number of amides is 1. The minimum absolute atomic E-state index is 0.0301. The number of aromatic nitrogens is 3. The first-order valence-electron chi connectivity index (χ1n) is 9.19. The van der Waals surface area contributed by atoms with Crippen molar-refractivity contribution in [3.8, 4) is 0 Å². The highest BCUT2D eigenvalue weighted by Gasteiger charge is 2.39. The Labute approximate surface area is 165 Å². The van der Waals surface area contributed by atoms with Gasteiger partial charge in [-0.2, -0.15) is 13.2 Å². The van der Waals surface area contributed by atoms with E-state index in [4.69, 9.17) is 0 Å². The van der Waals surface area contributed by atoms with Crippen LogP contribution in [-0.4, -0.2) is 20.7 Å². The second kappa shape index (κ2) is 7.02. The summed E-state index contributed by atoms with van der Waals surface area (Å²) in [6, 6.07) is 11.1. The van der Waals surface area contributed by atoms with Crippen LogP contribution in [0.3, 0.4) is 0 Å². The highest BCUT2D eigenvalue weighted by Crippen LogP contribution is 2.38. The van der Waals surface area contributed by atoms with Gasteiger partial charge in [0.05, 0.1) is 12.1 Å². The van der Waals surface area contributed by atoms with E-state index in [9.17, 15) is 18.0 Å². The van der Waals surface area contributed by atoms with Gasteiger partial charge in [-0.15, -0.1) is 10.2 Å². The summed E-state index contributed by atoms with van der Waals surface area (Å²) in [4.78, 5) is 14.2. The number of halogens is 3. The van der Waals surface area contributed by atoms with E-state index in [1.54, 1.807) is 12.4 Å². The van der Waals surface area contributed by atoms with Crippen LogP contribution in [0.25, 0.3) is 0 Å². The van der Waals surface area contributed by atoms with Crippen molar-refractivity contribution < 1.29 is 18.0 Å². The van der Waals surface area contributed by atoms with Crippen LogP contribution in [0.1, 0.15) is 45.7 Å². The van der Waals surface area contributed by atoms with Gasteiger partial charge in [-0.3, -0.25) is 4.79 Å². The Bertz CT molecular complexity index is 1070. The van der Waals surface area contributed by atoms with Gasteiger partial charge in [0.25, 0.3) is 5.91 Å². The summed E-state index contributed by atoms with van der Waals surface area (Å²) in [5.74, 6) is 0.523. The van der Waals surface area contributed by atoms with Gasteiger partial charge in [0, 0.05) is 24.7 Å². The summed E-state index contributed by atoms with van der Waals surface area (Å²) in [5, 5.41) is 7.97. The number of carbonyl (C=O) groups is 1. The number of fused-ring (bicyclic) bond motifs is 1. The van der Waals surface area contributed by atoms with Gasteiger partial charge < -0.3 is 9.47 Å². The molecule has 0 bridgehead atoms. The molecule has 0 aliphatic carbocycles. The number of alkyl halides is 3. The zero-order valence-electron chi connectivity index (χ0n) is 15.9. The van der Waals surface area contributed by atoms with Crippen LogP contribution in [0.15, 0.2) is 48.8 Å². The summed E-state index contributed by atoms with van der Waals surface area (Å²) in [5.41, 5.74) is 0.949. The molecule has 1 aliphatic heterocycles. The standard InChI is InChI=1S/C21H19F3N4O/c1-13(9-19-26-25-12-27(19)2)14-5-3-6-15(10-14)28-11-17-16(20(28)29)7-4-8-18(17)21(22,23)24/h3-8,10,12-13H,9,11H2,1-2H3/t13-/m0/s1. The SMILES string of the molecule is C[C@@H](Cc1nncn1C)c1cccc(N2Cc3c(cccc3C(F)(F)F)C2=O)c1. The predicted octanol–water partition coefficient (Wildman–Crippen LogP) is 4.34. The Morgan fingerprint density at radius 2 is 1.93 bits per heavy atom. The zero-order chi connectivity index (χ0) is 20.8. The molecule has 0 fully saturated rings. The van der Waals surface area contributed by atoms with E-state index in [2.05, 4.69) is 10.2 Å². The molecule has 1 amide bonds. The monoisotopic (exact) mass is 400 g/mol. The third-order valence-electron chi connectivity index (χ3n) is 5.32. The molecule has 5 nitrogen and oxygen atoms in total. The molecule has 4 rings (SSSR count). The lowest BCUT2D eigenvalue weighted by molar-refractivity contribution is -0.138. The summed E-state index contributed by atoms with van der Waals surface area (Å²) in [7, 11) is 1.87. The van der Waals surface area contributed by atoms with Crippen molar-refractivity contribution in [2.24, 2.45) is 7.05 Å². The average molecular weight is 400 g/mol. The topological polar surface area (TPSA) is 51.0 Å². The van der Waals surface area contributed by atoms with Crippen LogP contribution in [0.2, 0.25) is 0 Å². The number of benzene rings is 2. The van der Waals surface area contributed by atoms with Crippen LogP contribution in [0.4, 0.5) is 18.9 Å². The molecule has 8 heteroatoms. The Kier molecular flexibility index (Phi) is 4.64. The van der Waals surface area contributed by atoms with Crippen molar-refractivity contribution in [1.29, 1.82) is 0 Å². The van der Waals surface area contributed by atoms with Crippen LogP contribution in [0.5, 0.6) is 0 Å². The molecule has 0 N–H and O–H groups in total. The lowest BCUT2D eigenvalue weighted by atomic mass is 9.97. The summed E-state index contributed by atoms with van der Waals surface area (Å²) in [6.07, 6.45) is -2.20. The van der Waals surface area contributed by atoms with Crippen LogP contribution < -0.4 is 4.90 Å². The first-order chi connectivity index (χ1) is 13.8. The van der Waals surface area contributed by atoms with Gasteiger partial charge in [0.1, 0.15) is 12.2 Å². The minimum Gasteiger partial charge on any atom is -0.321 e. The van der Waals surface area contributed by atoms with Crippen molar-refractivity contribution >= 4 is 11.6 Å². The highest BCUT2D eigenvalue weighted by molar-refractivity contribution is 6.10. The summed E-state index contributed by atoms with van der Waals surface area (Å²) < 4.78 is 41.9. The van der Waals surface area contributed by atoms with Gasteiger partial charge in [-0.1, -0.05) is 25.1 Å². The Balaban J connectivity index is 1.62. The lowest BCUT2D eigenvalue weighted by Crippen LogP contribution is -2.23. The van der Waals surface area contributed by atoms with E-state index in [1.807, 2.05) is 36.7 Å². The van der Waals surface area contributed by atoms with E-state index in [0.717, 1.165) is 17.5 Å². The molecule has 150 valence electrons. The maximum absolute atomic E-state index is 13.3. The quantitative estimate of drug-likeness (QED) is 0.655. The molecule has 1 atom stereocenters. The number of hydrogen-bond acceptors (Lipinski definition) is 3. The second-order valence-corrected chi connectivity index (χ2v) is 7.28. The molecule has 2 heterocycles. The maximum Gasteiger partial charge on any atom is 0.416 e. The fraction of sp³-hybridized carbons (Fsp3) is 0.286. The van der Waals surface area contributed by atoms with Crippen molar-refractivity contribution in [2.75, 3.05) is 4.90 Å². The maximum atomic E-state index is 13.3. The zero-order valence-corrected chi connectivity index (χ0v) is 15.9. The van der Waals surface area contributed by atoms with Gasteiger partial charge >= 0.3 is 6.18 Å². The molecule has 1 aromatic heterocycles. The predicted molar refractivity (Wildman–Crippen MR) is 102 cm³/mol. The number of carbonyl (C=O) groups excluding carboxylic acids is 1.